The summed E-state index contributed by atoms with van der Waals surface area (Å²) in [6, 6.07) is 13.5. The third-order valence-electron chi connectivity index (χ3n) is 5.59. The van der Waals surface area contributed by atoms with Crippen LogP contribution in [-0.2, 0) is 14.8 Å². The molecular formula is C23H28N4O5S. The number of sulfonamides is 1. The third-order valence-corrected chi connectivity index (χ3v) is 6.19. The lowest BCUT2D eigenvalue weighted by Crippen LogP contribution is -2.49. The van der Waals surface area contributed by atoms with Crippen molar-refractivity contribution in [2.45, 2.75) is 12.8 Å². The van der Waals surface area contributed by atoms with E-state index >= 15 is 0 Å². The molecular weight excluding hydrogens is 444 g/mol. The molecule has 10 heteroatoms. The molecule has 1 amide bonds. The normalized spacial score (nSPS) is 16.1. The van der Waals surface area contributed by atoms with Gasteiger partial charge in [-0.2, -0.15) is 0 Å². The maximum Gasteiger partial charge on any atom is 0.233 e. The van der Waals surface area contributed by atoms with Crippen LogP contribution in [0, 0.1) is 0 Å². The third kappa shape index (κ3) is 5.82. The molecule has 0 aromatic heterocycles. The second-order valence-electron chi connectivity index (χ2n) is 8.10. The Morgan fingerprint density at radius 2 is 1.88 bits per heavy atom. The van der Waals surface area contributed by atoms with Crippen molar-refractivity contribution < 1.29 is 22.7 Å². The summed E-state index contributed by atoms with van der Waals surface area (Å²) < 4.78 is 35.9. The van der Waals surface area contributed by atoms with Crippen molar-refractivity contribution in [1.82, 2.24) is 14.5 Å². The van der Waals surface area contributed by atoms with E-state index in [-0.39, 0.29) is 6.42 Å². The lowest BCUT2D eigenvalue weighted by atomic mass is 10.1. The molecule has 2 aliphatic heterocycles. The summed E-state index contributed by atoms with van der Waals surface area (Å²) in [5.74, 6) is 2.57. The predicted molar refractivity (Wildman–Crippen MR) is 126 cm³/mol. The standard InChI is InChI=1S/C23H28N4O5S/c1-31-17-9-10-20-18(16-17)23(24-19-6-3-4-7-21(19)32-20)27-14-12-26(13-15-27)11-5-8-22(28)25-33(2,29)30/h3-4,6-7,9-10,16H,5,8,11-15H2,1-2H3,(H,25,28). The van der Waals surface area contributed by atoms with Gasteiger partial charge < -0.3 is 14.4 Å². The van der Waals surface area contributed by atoms with E-state index in [1.54, 1.807) is 7.11 Å². The van der Waals surface area contributed by atoms with Gasteiger partial charge in [0.25, 0.3) is 0 Å². The zero-order valence-corrected chi connectivity index (χ0v) is 19.6. The number of rotatable bonds is 6. The number of nitrogens with one attached hydrogen (secondary N) is 1. The monoisotopic (exact) mass is 472 g/mol. The first-order valence-electron chi connectivity index (χ1n) is 10.8. The molecule has 176 valence electrons. The number of amidine groups is 1. The van der Waals surface area contributed by atoms with E-state index in [2.05, 4.69) is 9.80 Å². The van der Waals surface area contributed by atoms with Crippen molar-refractivity contribution >= 4 is 27.5 Å². The molecule has 2 heterocycles. The van der Waals surface area contributed by atoms with E-state index in [0.29, 0.717) is 12.2 Å². The van der Waals surface area contributed by atoms with Crippen LogP contribution in [-0.4, -0.2) is 76.0 Å². The highest BCUT2D eigenvalue weighted by molar-refractivity contribution is 7.89. The molecule has 0 bridgehead atoms. The Balaban J connectivity index is 1.44. The summed E-state index contributed by atoms with van der Waals surface area (Å²) in [5.41, 5.74) is 1.67. The van der Waals surface area contributed by atoms with Crippen molar-refractivity contribution in [3.05, 3.63) is 48.0 Å². The van der Waals surface area contributed by atoms with Gasteiger partial charge in [0.2, 0.25) is 15.9 Å². The number of methoxy groups -OCH3 is 1. The maximum absolute atomic E-state index is 11.7. The summed E-state index contributed by atoms with van der Waals surface area (Å²) in [4.78, 5) is 21.2. The Kier molecular flexibility index (Phi) is 6.85. The van der Waals surface area contributed by atoms with Crippen LogP contribution in [0.25, 0.3) is 0 Å². The molecule has 33 heavy (non-hydrogen) atoms. The number of benzene rings is 2. The highest BCUT2D eigenvalue weighted by atomic mass is 32.2. The van der Waals surface area contributed by atoms with E-state index in [1.807, 2.05) is 47.2 Å². The second-order valence-corrected chi connectivity index (χ2v) is 9.85. The Labute approximate surface area is 194 Å². The molecule has 0 unspecified atom stereocenters. The summed E-state index contributed by atoms with van der Waals surface area (Å²) in [6.45, 7) is 3.90. The molecule has 0 radical (unpaired) electrons. The average molecular weight is 473 g/mol. The van der Waals surface area contributed by atoms with Gasteiger partial charge in [0.05, 0.1) is 18.9 Å². The number of ether oxygens (including phenoxy) is 2. The van der Waals surface area contributed by atoms with Crippen LogP contribution in [0.2, 0.25) is 0 Å². The van der Waals surface area contributed by atoms with Gasteiger partial charge in [-0.3, -0.25) is 14.4 Å². The van der Waals surface area contributed by atoms with Crippen LogP contribution in [0.4, 0.5) is 5.69 Å². The molecule has 4 rings (SSSR count). The first-order valence-corrected chi connectivity index (χ1v) is 12.7. The zero-order chi connectivity index (χ0) is 23.4. The highest BCUT2D eigenvalue weighted by Crippen LogP contribution is 2.39. The first-order chi connectivity index (χ1) is 15.8. The number of para-hydroxylation sites is 2. The SMILES string of the molecule is COc1ccc2c(c1)C(N1CCN(CCCC(=O)NS(C)(=O)=O)CC1)=Nc1ccccc1O2. The number of fused-ring (bicyclic) bond motifs is 2. The van der Waals surface area contributed by atoms with Crippen molar-refractivity contribution in [2.75, 3.05) is 46.1 Å². The van der Waals surface area contributed by atoms with E-state index in [0.717, 1.165) is 67.6 Å². The minimum absolute atomic E-state index is 0.182. The topological polar surface area (TPSA) is 101 Å². The van der Waals surface area contributed by atoms with Gasteiger partial charge >= 0.3 is 0 Å². The second kappa shape index (κ2) is 9.80. The lowest BCUT2D eigenvalue weighted by Gasteiger charge is -2.36. The fraction of sp³-hybridized carbons (Fsp3) is 0.391. The van der Waals surface area contributed by atoms with Gasteiger partial charge in [-0.15, -0.1) is 0 Å². The molecule has 0 spiro atoms. The Bertz CT molecular complexity index is 1160. The minimum Gasteiger partial charge on any atom is -0.497 e. The van der Waals surface area contributed by atoms with E-state index < -0.39 is 15.9 Å². The number of aliphatic imine (C=N–C) groups is 1. The summed E-state index contributed by atoms with van der Waals surface area (Å²) >= 11 is 0. The van der Waals surface area contributed by atoms with Crippen LogP contribution in [0.15, 0.2) is 47.5 Å². The average Bonchev–Trinajstić information content (AvgIpc) is 2.94. The first kappa shape index (κ1) is 23.1. The molecule has 0 atom stereocenters. The predicted octanol–water partition coefficient (Wildman–Crippen LogP) is 2.35. The fourth-order valence-corrected chi connectivity index (χ4v) is 4.49. The van der Waals surface area contributed by atoms with Crippen LogP contribution >= 0.6 is 0 Å². The zero-order valence-electron chi connectivity index (χ0n) is 18.8. The van der Waals surface area contributed by atoms with Crippen LogP contribution in [0.1, 0.15) is 18.4 Å². The van der Waals surface area contributed by atoms with Crippen molar-refractivity contribution in [1.29, 1.82) is 0 Å². The Morgan fingerprint density at radius 3 is 2.61 bits per heavy atom. The number of hydrogen-bond acceptors (Lipinski definition) is 8. The summed E-state index contributed by atoms with van der Waals surface area (Å²) in [7, 11) is -1.87. The van der Waals surface area contributed by atoms with E-state index in [9.17, 15) is 13.2 Å². The number of amides is 1. The fourth-order valence-electron chi connectivity index (χ4n) is 3.97. The van der Waals surface area contributed by atoms with Gasteiger partial charge in [0.15, 0.2) is 5.75 Å². The minimum atomic E-state index is -3.50. The molecule has 0 saturated carbocycles. The molecule has 2 aliphatic rings. The number of nitrogens with zero attached hydrogens (tertiary/aromatic N) is 3. The van der Waals surface area contributed by atoms with Gasteiger partial charge in [0, 0.05) is 32.6 Å². The quantitative estimate of drug-likeness (QED) is 0.689. The molecule has 1 N–H and O–H groups in total. The van der Waals surface area contributed by atoms with Crippen LogP contribution in [0.3, 0.4) is 0 Å². The molecule has 2 aromatic rings. The largest absolute Gasteiger partial charge is 0.497 e. The van der Waals surface area contributed by atoms with Gasteiger partial charge in [-0.05, 0) is 43.3 Å². The smallest absolute Gasteiger partial charge is 0.233 e. The number of piperazine rings is 1. The summed E-state index contributed by atoms with van der Waals surface area (Å²) in [6.07, 6.45) is 1.77. The summed E-state index contributed by atoms with van der Waals surface area (Å²) in [5, 5.41) is 0. The van der Waals surface area contributed by atoms with Crippen molar-refractivity contribution in [3.63, 3.8) is 0 Å². The molecule has 2 aromatic carbocycles. The van der Waals surface area contributed by atoms with Crippen molar-refractivity contribution in [2.24, 2.45) is 4.99 Å². The Morgan fingerprint density at radius 1 is 1.12 bits per heavy atom. The molecule has 1 fully saturated rings. The number of carbonyl (C=O) groups excluding carboxylic acids is 1. The number of carbonyl (C=O) groups is 1. The van der Waals surface area contributed by atoms with Crippen LogP contribution < -0.4 is 14.2 Å². The van der Waals surface area contributed by atoms with E-state index in [1.165, 1.54) is 0 Å². The van der Waals surface area contributed by atoms with Crippen molar-refractivity contribution in [3.8, 4) is 17.2 Å². The van der Waals surface area contributed by atoms with Gasteiger partial charge in [0.1, 0.15) is 23.0 Å². The maximum atomic E-state index is 11.7. The molecule has 0 aliphatic carbocycles. The van der Waals surface area contributed by atoms with Crippen LogP contribution in [0.5, 0.6) is 17.2 Å². The van der Waals surface area contributed by atoms with E-state index in [4.69, 9.17) is 14.5 Å². The highest BCUT2D eigenvalue weighted by Gasteiger charge is 2.26. The molecule has 9 nitrogen and oxygen atoms in total. The Hall–Kier alpha value is -3.11. The molecule has 1 saturated heterocycles. The van der Waals surface area contributed by atoms with Gasteiger partial charge in [-0.25, -0.2) is 13.4 Å². The van der Waals surface area contributed by atoms with Gasteiger partial charge in [-0.1, -0.05) is 12.1 Å². The lowest BCUT2D eigenvalue weighted by molar-refractivity contribution is -0.119. The number of hydrogen-bond donors (Lipinski definition) is 1.